The van der Waals surface area contributed by atoms with Crippen molar-refractivity contribution in [2.24, 2.45) is 0 Å². The Labute approximate surface area is 115 Å². The van der Waals surface area contributed by atoms with Crippen LogP contribution in [0.25, 0.3) is 0 Å². The van der Waals surface area contributed by atoms with Gasteiger partial charge >= 0.3 is 6.03 Å². The van der Waals surface area contributed by atoms with E-state index < -0.39 is 10.0 Å². The van der Waals surface area contributed by atoms with Crippen molar-refractivity contribution in [2.45, 2.75) is 50.6 Å². The molecule has 6 nitrogen and oxygen atoms in total. The number of hydrogen-bond donors (Lipinski definition) is 2. The maximum atomic E-state index is 12.0. The highest BCUT2D eigenvalue weighted by Crippen LogP contribution is 2.18. The van der Waals surface area contributed by atoms with Crippen LogP contribution in [0.3, 0.4) is 0 Å². The molecule has 2 fully saturated rings. The first-order valence-corrected chi connectivity index (χ1v) is 8.86. The molecule has 0 bridgehead atoms. The Kier molecular flexibility index (Phi) is 4.67. The van der Waals surface area contributed by atoms with E-state index in [0.717, 1.165) is 12.8 Å². The van der Waals surface area contributed by atoms with Gasteiger partial charge in [0.25, 0.3) is 0 Å². The zero-order valence-electron chi connectivity index (χ0n) is 11.4. The normalized spacial score (nSPS) is 22.7. The molecule has 2 amide bonds. The van der Waals surface area contributed by atoms with Crippen LogP contribution in [-0.2, 0) is 10.0 Å². The third-order valence-electron chi connectivity index (χ3n) is 3.85. The molecule has 110 valence electrons. The van der Waals surface area contributed by atoms with E-state index in [1.807, 2.05) is 0 Å². The van der Waals surface area contributed by atoms with E-state index in [-0.39, 0.29) is 12.1 Å². The predicted octanol–water partition coefficient (Wildman–Crippen LogP) is 0.652. The zero-order valence-corrected chi connectivity index (χ0v) is 12.2. The number of sulfonamides is 1. The van der Waals surface area contributed by atoms with Crippen molar-refractivity contribution in [3.63, 3.8) is 0 Å². The highest BCUT2D eigenvalue weighted by atomic mass is 32.2. The van der Waals surface area contributed by atoms with E-state index >= 15 is 0 Å². The molecule has 0 spiro atoms. The molecule has 0 unspecified atom stereocenters. The first-order chi connectivity index (χ1) is 8.94. The van der Waals surface area contributed by atoms with Crippen molar-refractivity contribution < 1.29 is 13.2 Å². The lowest BCUT2D eigenvalue weighted by molar-refractivity contribution is 0.176. The minimum atomic E-state index is -3.15. The first kappa shape index (κ1) is 14.6. The van der Waals surface area contributed by atoms with E-state index in [2.05, 4.69) is 10.0 Å². The molecule has 0 aromatic carbocycles. The van der Waals surface area contributed by atoms with Crippen molar-refractivity contribution in [1.82, 2.24) is 14.9 Å². The van der Waals surface area contributed by atoms with Crippen molar-refractivity contribution in [1.29, 1.82) is 0 Å². The molecule has 0 aromatic rings. The van der Waals surface area contributed by atoms with Gasteiger partial charge in [0.15, 0.2) is 0 Å². The molecule has 2 rings (SSSR count). The lowest BCUT2D eigenvalue weighted by atomic mass is 10.1. The van der Waals surface area contributed by atoms with E-state index in [0.29, 0.717) is 32.0 Å². The van der Waals surface area contributed by atoms with Crippen LogP contribution in [-0.4, -0.2) is 50.8 Å². The van der Waals surface area contributed by atoms with Crippen LogP contribution < -0.4 is 10.0 Å². The molecule has 19 heavy (non-hydrogen) atoms. The minimum Gasteiger partial charge on any atom is -0.335 e. The van der Waals surface area contributed by atoms with Gasteiger partial charge in [0.05, 0.1) is 6.26 Å². The minimum absolute atomic E-state index is 0.00436. The molecular formula is C12H23N3O3S. The lowest BCUT2D eigenvalue weighted by Crippen LogP contribution is -2.50. The number of carbonyl (C=O) groups excluding carboxylic acids is 1. The molecule has 1 aliphatic carbocycles. The highest BCUT2D eigenvalue weighted by Gasteiger charge is 2.26. The van der Waals surface area contributed by atoms with Crippen molar-refractivity contribution >= 4 is 16.1 Å². The zero-order chi connectivity index (χ0) is 13.9. The van der Waals surface area contributed by atoms with Crippen LogP contribution in [0, 0.1) is 0 Å². The summed E-state index contributed by atoms with van der Waals surface area (Å²) in [7, 11) is -3.15. The van der Waals surface area contributed by atoms with Crippen LogP contribution in [0.2, 0.25) is 0 Å². The second-order valence-corrected chi connectivity index (χ2v) is 7.36. The van der Waals surface area contributed by atoms with Gasteiger partial charge in [-0.25, -0.2) is 17.9 Å². The molecule has 0 radical (unpaired) electrons. The molecule has 0 aromatic heterocycles. The average molecular weight is 289 g/mol. The fourth-order valence-corrected chi connectivity index (χ4v) is 3.68. The summed E-state index contributed by atoms with van der Waals surface area (Å²) in [5.74, 6) is 0. The summed E-state index contributed by atoms with van der Waals surface area (Å²) in [5, 5.41) is 3.06. The van der Waals surface area contributed by atoms with Gasteiger partial charge in [0, 0.05) is 25.2 Å². The maximum Gasteiger partial charge on any atom is 0.317 e. The van der Waals surface area contributed by atoms with Gasteiger partial charge in [-0.2, -0.15) is 0 Å². The number of likely N-dealkylation sites (tertiary alicyclic amines) is 1. The first-order valence-electron chi connectivity index (χ1n) is 6.97. The lowest BCUT2D eigenvalue weighted by Gasteiger charge is -2.32. The van der Waals surface area contributed by atoms with Crippen LogP contribution >= 0.6 is 0 Å². The fraction of sp³-hybridized carbons (Fsp3) is 0.917. The molecule has 2 aliphatic rings. The fourth-order valence-electron chi connectivity index (χ4n) is 2.84. The Morgan fingerprint density at radius 3 is 2.16 bits per heavy atom. The molecule has 7 heteroatoms. The third-order valence-corrected chi connectivity index (χ3v) is 4.61. The van der Waals surface area contributed by atoms with Gasteiger partial charge in [-0.15, -0.1) is 0 Å². The summed E-state index contributed by atoms with van der Waals surface area (Å²) in [6.07, 6.45) is 7.11. The summed E-state index contributed by atoms with van der Waals surface area (Å²) in [5.41, 5.74) is 0. The second kappa shape index (κ2) is 6.09. The molecule has 1 heterocycles. The molecular weight excluding hydrogens is 266 g/mol. The number of piperidine rings is 1. The largest absolute Gasteiger partial charge is 0.335 e. The molecule has 2 N–H and O–H groups in total. The second-order valence-electron chi connectivity index (χ2n) is 5.58. The summed E-state index contributed by atoms with van der Waals surface area (Å²) < 4.78 is 24.9. The number of amides is 2. The number of nitrogens with one attached hydrogen (secondary N) is 2. The van der Waals surface area contributed by atoms with Crippen LogP contribution in [0.15, 0.2) is 0 Å². The topological polar surface area (TPSA) is 78.5 Å². The van der Waals surface area contributed by atoms with Crippen molar-refractivity contribution in [2.75, 3.05) is 19.3 Å². The number of hydrogen-bond acceptors (Lipinski definition) is 3. The molecule has 0 atom stereocenters. The standard InChI is InChI=1S/C12H23N3O3S/c1-19(17,18)14-11-6-8-15(9-7-11)12(16)13-10-4-2-3-5-10/h10-11,14H,2-9H2,1H3,(H,13,16). The van der Waals surface area contributed by atoms with Crippen LogP contribution in [0.4, 0.5) is 4.79 Å². The molecule has 1 saturated heterocycles. The average Bonchev–Trinajstić information content (AvgIpc) is 2.80. The van der Waals surface area contributed by atoms with Crippen molar-refractivity contribution in [3.8, 4) is 0 Å². The Bertz CT molecular complexity index is 410. The smallest absolute Gasteiger partial charge is 0.317 e. The van der Waals surface area contributed by atoms with Gasteiger partial charge in [-0.05, 0) is 25.7 Å². The van der Waals surface area contributed by atoms with Gasteiger partial charge in [0.2, 0.25) is 10.0 Å². The van der Waals surface area contributed by atoms with Gasteiger partial charge in [0.1, 0.15) is 0 Å². The SMILES string of the molecule is CS(=O)(=O)NC1CCN(C(=O)NC2CCCC2)CC1. The van der Waals surface area contributed by atoms with Crippen LogP contribution in [0.1, 0.15) is 38.5 Å². The quantitative estimate of drug-likeness (QED) is 0.801. The van der Waals surface area contributed by atoms with Crippen LogP contribution in [0.5, 0.6) is 0 Å². The number of urea groups is 1. The van der Waals surface area contributed by atoms with Gasteiger partial charge in [-0.1, -0.05) is 12.8 Å². The monoisotopic (exact) mass is 289 g/mol. The van der Waals surface area contributed by atoms with Gasteiger partial charge < -0.3 is 10.2 Å². The van der Waals surface area contributed by atoms with Gasteiger partial charge in [-0.3, -0.25) is 0 Å². The summed E-state index contributed by atoms with van der Waals surface area (Å²) in [4.78, 5) is 13.8. The van der Waals surface area contributed by atoms with E-state index in [1.165, 1.54) is 19.1 Å². The Balaban J connectivity index is 1.74. The number of carbonyl (C=O) groups is 1. The highest BCUT2D eigenvalue weighted by molar-refractivity contribution is 7.88. The maximum absolute atomic E-state index is 12.0. The Morgan fingerprint density at radius 2 is 1.63 bits per heavy atom. The number of nitrogens with zero attached hydrogens (tertiary/aromatic N) is 1. The Morgan fingerprint density at radius 1 is 1.05 bits per heavy atom. The third kappa shape index (κ3) is 4.65. The number of rotatable bonds is 3. The van der Waals surface area contributed by atoms with Crippen molar-refractivity contribution in [3.05, 3.63) is 0 Å². The molecule has 1 aliphatic heterocycles. The molecule has 1 saturated carbocycles. The summed E-state index contributed by atoms with van der Waals surface area (Å²) in [6, 6.07) is 0.301. The van der Waals surface area contributed by atoms with E-state index in [4.69, 9.17) is 0 Å². The van der Waals surface area contributed by atoms with E-state index in [1.54, 1.807) is 4.90 Å². The predicted molar refractivity (Wildman–Crippen MR) is 73.4 cm³/mol. The Hall–Kier alpha value is -0.820. The van der Waals surface area contributed by atoms with E-state index in [9.17, 15) is 13.2 Å². The summed E-state index contributed by atoms with van der Waals surface area (Å²) in [6.45, 7) is 1.23. The summed E-state index contributed by atoms with van der Waals surface area (Å²) >= 11 is 0.